The minimum atomic E-state index is 0.404. The van der Waals surface area contributed by atoms with E-state index in [0.29, 0.717) is 17.0 Å². The standard InChI is InChI=1S/C7H13BS/c1-5-6(8)3-2-4-7(5)9/h5-7,9H,2-4H2,1H3. The molecule has 3 unspecified atom stereocenters. The fourth-order valence-electron chi connectivity index (χ4n) is 1.37. The Hall–Kier alpha value is 0.415. The van der Waals surface area contributed by atoms with Gasteiger partial charge in [0.15, 0.2) is 0 Å². The number of hydrogen-bond acceptors (Lipinski definition) is 1. The van der Waals surface area contributed by atoms with Crippen molar-refractivity contribution in [3.05, 3.63) is 0 Å². The van der Waals surface area contributed by atoms with Crippen LogP contribution in [0.15, 0.2) is 0 Å². The summed E-state index contributed by atoms with van der Waals surface area (Å²) in [6, 6.07) is 0. The highest BCUT2D eigenvalue weighted by Crippen LogP contribution is 2.34. The molecule has 3 atom stereocenters. The Morgan fingerprint density at radius 1 is 1.44 bits per heavy atom. The molecule has 0 nitrogen and oxygen atoms in total. The van der Waals surface area contributed by atoms with E-state index in [1.54, 1.807) is 0 Å². The zero-order valence-electron chi connectivity index (χ0n) is 5.88. The van der Waals surface area contributed by atoms with Crippen molar-refractivity contribution in [1.29, 1.82) is 0 Å². The van der Waals surface area contributed by atoms with Gasteiger partial charge in [-0.15, -0.1) is 0 Å². The summed E-state index contributed by atoms with van der Waals surface area (Å²) in [6.07, 6.45) is 3.70. The highest BCUT2D eigenvalue weighted by atomic mass is 32.1. The van der Waals surface area contributed by atoms with Crippen LogP contribution >= 0.6 is 12.6 Å². The van der Waals surface area contributed by atoms with Gasteiger partial charge >= 0.3 is 0 Å². The second kappa shape index (κ2) is 3.00. The third-order valence-corrected chi connectivity index (χ3v) is 3.05. The molecule has 0 N–H and O–H groups in total. The molecule has 2 heteroatoms. The topological polar surface area (TPSA) is 0 Å². The third-order valence-electron chi connectivity index (χ3n) is 2.32. The van der Waals surface area contributed by atoms with E-state index < -0.39 is 0 Å². The van der Waals surface area contributed by atoms with Gasteiger partial charge in [0.05, 0.1) is 7.85 Å². The molecule has 0 saturated heterocycles. The van der Waals surface area contributed by atoms with Gasteiger partial charge in [0.1, 0.15) is 0 Å². The van der Waals surface area contributed by atoms with Crippen LogP contribution in [-0.2, 0) is 0 Å². The lowest BCUT2D eigenvalue weighted by Crippen LogP contribution is -2.22. The van der Waals surface area contributed by atoms with Crippen molar-refractivity contribution in [2.45, 2.75) is 37.3 Å². The number of thiol groups is 1. The van der Waals surface area contributed by atoms with Gasteiger partial charge in [0.25, 0.3) is 0 Å². The van der Waals surface area contributed by atoms with E-state index in [-0.39, 0.29) is 0 Å². The molecule has 0 aromatic rings. The van der Waals surface area contributed by atoms with E-state index in [4.69, 9.17) is 7.85 Å². The van der Waals surface area contributed by atoms with Crippen LogP contribution in [0.4, 0.5) is 0 Å². The summed E-state index contributed by atoms with van der Waals surface area (Å²) in [6.45, 7) is 2.20. The average Bonchev–Trinajstić information content (AvgIpc) is 1.83. The van der Waals surface area contributed by atoms with E-state index >= 15 is 0 Å². The maximum absolute atomic E-state index is 5.82. The quantitative estimate of drug-likeness (QED) is 0.386. The van der Waals surface area contributed by atoms with Gasteiger partial charge in [-0.05, 0) is 12.3 Å². The van der Waals surface area contributed by atoms with Gasteiger partial charge in [-0.2, -0.15) is 12.6 Å². The van der Waals surface area contributed by atoms with Crippen LogP contribution in [0.2, 0.25) is 5.82 Å². The van der Waals surface area contributed by atoms with Crippen LogP contribution in [0.3, 0.4) is 0 Å². The fraction of sp³-hybridized carbons (Fsp3) is 1.00. The Labute approximate surface area is 64.2 Å². The second-order valence-corrected chi connectivity index (χ2v) is 3.68. The molecule has 0 aliphatic heterocycles. The van der Waals surface area contributed by atoms with Crippen molar-refractivity contribution >= 4 is 20.5 Å². The molecule has 0 heterocycles. The lowest BCUT2D eigenvalue weighted by atomic mass is 9.69. The first-order chi connectivity index (χ1) is 4.22. The van der Waals surface area contributed by atoms with Gasteiger partial charge < -0.3 is 0 Å². The van der Waals surface area contributed by atoms with E-state index in [1.807, 2.05) is 0 Å². The van der Waals surface area contributed by atoms with Gasteiger partial charge in [-0.25, -0.2) is 0 Å². The molecule has 9 heavy (non-hydrogen) atoms. The molecule has 2 radical (unpaired) electrons. The summed E-state index contributed by atoms with van der Waals surface area (Å²) >= 11 is 4.44. The maximum Gasteiger partial charge on any atom is 0.0703 e. The first-order valence-corrected chi connectivity index (χ1v) is 4.17. The third kappa shape index (κ3) is 1.67. The molecule has 1 fully saturated rings. The smallest absolute Gasteiger partial charge is 0.0703 e. The van der Waals surface area contributed by atoms with Crippen molar-refractivity contribution in [3.8, 4) is 0 Å². The molecule has 1 rings (SSSR count). The molecule has 0 aromatic carbocycles. The first-order valence-electron chi connectivity index (χ1n) is 3.65. The predicted octanol–water partition coefficient (Wildman–Crippen LogP) is 2.06. The zero-order valence-corrected chi connectivity index (χ0v) is 6.77. The minimum Gasteiger partial charge on any atom is -0.176 e. The first kappa shape index (κ1) is 7.52. The van der Waals surface area contributed by atoms with Crippen molar-refractivity contribution in [1.82, 2.24) is 0 Å². The Bertz CT molecular complexity index is 84.9. The van der Waals surface area contributed by atoms with E-state index in [0.717, 1.165) is 0 Å². The summed E-state index contributed by atoms with van der Waals surface area (Å²) in [4.78, 5) is 0. The number of rotatable bonds is 0. The van der Waals surface area contributed by atoms with Gasteiger partial charge in [-0.3, -0.25) is 0 Å². The summed E-state index contributed by atoms with van der Waals surface area (Å²) < 4.78 is 0. The van der Waals surface area contributed by atoms with Crippen LogP contribution in [-0.4, -0.2) is 13.1 Å². The highest BCUT2D eigenvalue weighted by molar-refractivity contribution is 7.81. The fourth-order valence-corrected chi connectivity index (χ4v) is 1.78. The molecule has 50 valence electrons. The van der Waals surface area contributed by atoms with Crippen LogP contribution in [0.5, 0.6) is 0 Å². The average molecular weight is 140 g/mol. The van der Waals surface area contributed by atoms with Crippen molar-refractivity contribution in [2.24, 2.45) is 5.92 Å². The SMILES string of the molecule is [B]C1CCCC(S)C1C. The Balaban J connectivity index is 2.41. The molecule has 1 aliphatic rings. The second-order valence-electron chi connectivity index (χ2n) is 3.02. The molecular formula is C7H13BS. The van der Waals surface area contributed by atoms with Crippen LogP contribution in [0.1, 0.15) is 26.2 Å². The van der Waals surface area contributed by atoms with E-state index in [1.165, 1.54) is 19.3 Å². The Kier molecular flexibility index (Phi) is 2.51. The minimum absolute atomic E-state index is 0.404. The summed E-state index contributed by atoms with van der Waals surface area (Å²) in [5.74, 6) is 1.02. The van der Waals surface area contributed by atoms with Crippen molar-refractivity contribution in [2.75, 3.05) is 0 Å². The lowest BCUT2D eigenvalue weighted by molar-refractivity contribution is 0.400. The van der Waals surface area contributed by atoms with Gasteiger partial charge in [-0.1, -0.05) is 25.6 Å². The molecule has 0 amide bonds. The van der Waals surface area contributed by atoms with Crippen molar-refractivity contribution in [3.63, 3.8) is 0 Å². The maximum atomic E-state index is 5.82. The Morgan fingerprint density at radius 2 is 2.11 bits per heavy atom. The monoisotopic (exact) mass is 140 g/mol. The zero-order chi connectivity index (χ0) is 6.85. The van der Waals surface area contributed by atoms with E-state index in [2.05, 4.69) is 19.6 Å². The van der Waals surface area contributed by atoms with Gasteiger partial charge in [0.2, 0.25) is 0 Å². The van der Waals surface area contributed by atoms with Crippen LogP contribution in [0.25, 0.3) is 0 Å². The predicted molar refractivity (Wildman–Crippen MR) is 45.3 cm³/mol. The molecular weight excluding hydrogens is 127 g/mol. The highest BCUT2D eigenvalue weighted by Gasteiger charge is 2.23. The summed E-state index contributed by atoms with van der Waals surface area (Å²) in [5.41, 5.74) is 0. The number of hydrogen-bond donors (Lipinski definition) is 1. The summed E-state index contributed by atoms with van der Waals surface area (Å²) in [7, 11) is 5.82. The van der Waals surface area contributed by atoms with Crippen LogP contribution < -0.4 is 0 Å². The van der Waals surface area contributed by atoms with E-state index in [9.17, 15) is 0 Å². The Morgan fingerprint density at radius 3 is 2.56 bits per heavy atom. The van der Waals surface area contributed by atoms with Gasteiger partial charge in [0, 0.05) is 5.25 Å². The normalized spacial score (nSPS) is 44.9. The molecule has 0 bridgehead atoms. The van der Waals surface area contributed by atoms with Crippen molar-refractivity contribution < 1.29 is 0 Å². The molecule has 1 aliphatic carbocycles. The molecule has 0 aromatic heterocycles. The largest absolute Gasteiger partial charge is 0.176 e. The van der Waals surface area contributed by atoms with Crippen LogP contribution in [0, 0.1) is 5.92 Å². The molecule has 0 spiro atoms. The lowest BCUT2D eigenvalue weighted by Gasteiger charge is -2.31. The summed E-state index contributed by atoms with van der Waals surface area (Å²) in [5, 5.41) is 0.550. The molecule has 1 saturated carbocycles.